The van der Waals surface area contributed by atoms with Crippen LogP contribution in [0, 0.1) is 0 Å². The normalized spacial score (nSPS) is 12.8. The van der Waals surface area contributed by atoms with Crippen molar-refractivity contribution in [1.82, 2.24) is 30.1 Å². The number of hydrogen-bond acceptors (Lipinski definition) is 5. The molecule has 3 heterocycles. The van der Waals surface area contributed by atoms with Crippen molar-refractivity contribution < 1.29 is 4.42 Å². The Bertz CT molecular complexity index is 844. The summed E-state index contributed by atoms with van der Waals surface area (Å²) in [6.07, 6.45) is 3.64. The predicted octanol–water partition coefficient (Wildman–Crippen LogP) is 2.30. The molecule has 1 atom stereocenters. The molecule has 3 aromatic heterocycles. The second kappa shape index (κ2) is 10.3. The van der Waals surface area contributed by atoms with Crippen molar-refractivity contribution in [3.63, 3.8) is 0 Å². The Morgan fingerprint density at radius 2 is 2.07 bits per heavy atom. The van der Waals surface area contributed by atoms with Crippen LogP contribution in [-0.2, 0) is 6.54 Å². The third-order valence-electron chi connectivity index (χ3n) is 4.06. The van der Waals surface area contributed by atoms with Gasteiger partial charge in [-0.2, -0.15) is 0 Å². The summed E-state index contributed by atoms with van der Waals surface area (Å²) in [5.74, 6) is 2.45. The van der Waals surface area contributed by atoms with Gasteiger partial charge in [-0.25, -0.2) is 4.99 Å². The Hall–Kier alpha value is -2.14. The molecule has 0 saturated carbocycles. The highest BCUT2D eigenvalue weighted by Crippen LogP contribution is 2.17. The molecule has 2 N–H and O–H groups in total. The molecule has 0 saturated heterocycles. The van der Waals surface area contributed by atoms with Gasteiger partial charge in [0.05, 0.1) is 12.3 Å². The average molecular weight is 483 g/mol. The van der Waals surface area contributed by atoms with Gasteiger partial charge in [0, 0.05) is 19.3 Å². The van der Waals surface area contributed by atoms with Crippen LogP contribution in [0.15, 0.2) is 52.2 Å². The van der Waals surface area contributed by atoms with E-state index in [-0.39, 0.29) is 30.0 Å². The Morgan fingerprint density at radius 3 is 2.78 bits per heavy atom. The van der Waals surface area contributed by atoms with Crippen LogP contribution in [0.4, 0.5) is 0 Å². The summed E-state index contributed by atoms with van der Waals surface area (Å²) in [6, 6.07) is 9.83. The van der Waals surface area contributed by atoms with Gasteiger partial charge in [0.25, 0.3) is 0 Å². The summed E-state index contributed by atoms with van der Waals surface area (Å²) >= 11 is 0. The van der Waals surface area contributed by atoms with Crippen LogP contribution < -0.4 is 10.6 Å². The van der Waals surface area contributed by atoms with Gasteiger partial charge < -0.3 is 15.1 Å². The average Bonchev–Trinajstić information content (AvgIpc) is 3.29. The number of nitrogens with zero attached hydrogens (tertiary/aromatic N) is 5. The van der Waals surface area contributed by atoms with E-state index in [0.717, 1.165) is 29.7 Å². The van der Waals surface area contributed by atoms with Crippen molar-refractivity contribution >= 4 is 35.6 Å². The molecule has 1 unspecified atom stereocenters. The number of furan rings is 1. The maximum absolute atomic E-state index is 5.55. The molecule has 0 bridgehead atoms. The van der Waals surface area contributed by atoms with Crippen LogP contribution in [-0.4, -0.2) is 52.6 Å². The van der Waals surface area contributed by atoms with Crippen molar-refractivity contribution in [2.45, 2.75) is 19.5 Å². The molecule has 3 rings (SSSR count). The Balaban J connectivity index is 0.00000261. The number of nitrogens with one attached hydrogen (secondary N) is 2. The van der Waals surface area contributed by atoms with Gasteiger partial charge in [-0.15, -0.1) is 34.2 Å². The van der Waals surface area contributed by atoms with Crippen molar-refractivity contribution in [2.24, 2.45) is 4.99 Å². The first-order chi connectivity index (χ1) is 12.7. The van der Waals surface area contributed by atoms with E-state index in [9.17, 15) is 0 Å². The maximum Gasteiger partial charge on any atom is 0.191 e. The van der Waals surface area contributed by atoms with Crippen LogP contribution in [0.5, 0.6) is 0 Å². The Kier molecular flexibility index (Phi) is 8.04. The van der Waals surface area contributed by atoms with E-state index in [1.807, 2.05) is 61.9 Å². The molecular formula is C18H26IN7O. The zero-order chi connectivity index (χ0) is 18.4. The second-order valence-electron chi connectivity index (χ2n) is 6.12. The third kappa shape index (κ3) is 5.42. The molecule has 0 aliphatic rings. The first-order valence-electron chi connectivity index (χ1n) is 8.69. The number of fused-ring (bicyclic) bond motifs is 1. The molecule has 0 radical (unpaired) electrons. The number of rotatable bonds is 7. The van der Waals surface area contributed by atoms with E-state index in [1.165, 1.54) is 0 Å². The Labute approximate surface area is 176 Å². The van der Waals surface area contributed by atoms with Crippen molar-refractivity contribution in [3.05, 3.63) is 54.4 Å². The molecule has 9 heteroatoms. The van der Waals surface area contributed by atoms with Gasteiger partial charge in [0.2, 0.25) is 0 Å². The van der Waals surface area contributed by atoms with Crippen molar-refractivity contribution in [2.75, 3.05) is 27.2 Å². The quantitative estimate of drug-likeness (QED) is 0.305. The lowest BCUT2D eigenvalue weighted by Crippen LogP contribution is -2.41. The van der Waals surface area contributed by atoms with E-state index in [2.05, 4.69) is 30.7 Å². The molecule has 0 fully saturated rings. The summed E-state index contributed by atoms with van der Waals surface area (Å²) in [5, 5.41) is 15.0. The fraction of sp³-hybridized carbons (Fsp3) is 0.389. The minimum absolute atomic E-state index is 0. The van der Waals surface area contributed by atoms with Crippen molar-refractivity contribution in [1.29, 1.82) is 0 Å². The number of halogens is 1. The number of guanidine groups is 1. The molecule has 146 valence electrons. The summed E-state index contributed by atoms with van der Waals surface area (Å²) in [6.45, 7) is 3.93. The van der Waals surface area contributed by atoms with Gasteiger partial charge in [0.1, 0.15) is 12.3 Å². The standard InChI is InChI=1S/C18H25N7O.HI/c1-4-19-18(20-12-14(24(2)3)15-8-7-11-26-15)21-13-17-23-22-16-9-5-6-10-25(16)17;/h5-11,14H,4,12-13H2,1-3H3,(H2,19,20,21);1H. The second-order valence-corrected chi connectivity index (χ2v) is 6.12. The molecule has 3 aromatic rings. The lowest BCUT2D eigenvalue weighted by Gasteiger charge is -2.23. The first-order valence-corrected chi connectivity index (χ1v) is 8.69. The van der Waals surface area contributed by atoms with E-state index < -0.39 is 0 Å². The molecule has 0 aromatic carbocycles. The summed E-state index contributed by atoms with van der Waals surface area (Å²) in [7, 11) is 4.06. The third-order valence-corrected chi connectivity index (χ3v) is 4.06. The largest absolute Gasteiger partial charge is 0.468 e. The smallest absolute Gasteiger partial charge is 0.191 e. The van der Waals surface area contributed by atoms with Crippen LogP contribution in [0.3, 0.4) is 0 Å². The number of aliphatic imine (C=N–C) groups is 1. The number of hydrogen-bond donors (Lipinski definition) is 2. The molecule has 8 nitrogen and oxygen atoms in total. The molecule has 0 aliphatic carbocycles. The molecule has 0 spiro atoms. The minimum Gasteiger partial charge on any atom is -0.468 e. The molecular weight excluding hydrogens is 457 g/mol. The summed E-state index contributed by atoms with van der Waals surface area (Å²) in [4.78, 5) is 6.75. The molecule has 0 amide bonds. The number of pyridine rings is 1. The van der Waals surface area contributed by atoms with Crippen LogP contribution in [0.25, 0.3) is 5.65 Å². The lowest BCUT2D eigenvalue weighted by molar-refractivity contribution is 0.258. The van der Waals surface area contributed by atoms with Gasteiger partial charge in [0.15, 0.2) is 17.4 Å². The molecule has 0 aliphatic heterocycles. The summed E-state index contributed by atoms with van der Waals surface area (Å²) < 4.78 is 7.50. The highest BCUT2D eigenvalue weighted by Gasteiger charge is 2.17. The van der Waals surface area contributed by atoms with Crippen molar-refractivity contribution in [3.8, 4) is 0 Å². The highest BCUT2D eigenvalue weighted by molar-refractivity contribution is 14.0. The fourth-order valence-corrected chi connectivity index (χ4v) is 2.70. The van der Waals surface area contributed by atoms with Gasteiger partial charge in [-0.05, 0) is 45.3 Å². The zero-order valence-corrected chi connectivity index (χ0v) is 18.1. The SMILES string of the molecule is CCNC(=NCc1nnc2ccccn12)NCC(c1ccco1)N(C)C.I. The van der Waals surface area contributed by atoms with Crippen LogP contribution >= 0.6 is 24.0 Å². The van der Waals surface area contributed by atoms with Gasteiger partial charge >= 0.3 is 0 Å². The Morgan fingerprint density at radius 1 is 1.22 bits per heavy atom. The van der Waals surface area contributed by atoms with Crippen LogP contribution in [0.2, 0.25) is 0 Å². The van der Waals surface area contributed by atoms with Gasteiger partial charge in [-0.3, -0.25) is 9.30 Å². The summed E-state index contributed by atoms with van der Waals surface area (Å²) in [5.41, 5.74) is 0.821. The minimum atomic E-state index is 0. The topological polar surface area (TPSA) is 83.0 Å². The van der Waals surface area contributed by atoms with E-state index in [1.54, 1.807) is 6.26 Å². The zero-order valence-electron chi connectivity index (χ0n) is 15.8. The van der Waals surface area contributed by atoms with Crippen LogP contribution in [0.1, 0.15) is 24.6 Å². The van der Waals surface area contributed by atoms with Gasteiger partial charge in [-0.1, -0.05) is 6.07 Å². The first kappa shape index (κ1) is 21.2. The van der Waals surface area contributed by atoms with E-state index >= 15 is 0 Å². The molecule has 27 heavy (non-hydrogen) atoms. The highest BCUT2D eigenvalue weighted by atomic mass is 127. The fourth-order valence-electron chi connectivity index (χ4n) is 2.70. The van der Waals surface area contributed by atoms with E-state index in [0.29, 0.717) is 13.1 Å². The predicted molar refractivity (Wildman–Crippen MR) is 116 cm³/mol. The maximum atomic E-state index is 5.55. The number of likely N-dealkylation sites (N-methyl/N-ethyl adjacent to an activating group) is 1. The lowest BCUT2D eigenvalue weighted by atomic mass is 10.2. The monoisotopic (exact) mass is 483 g/mol. The number of aromatic nitrogens is 3. The van der Waals surface area contributed by atoms with E-state index in [4.69, 9.17) is 4.42 Å².